The summed E-state index contributed by atoms with van der Waals surface area (Å²) in [6.45, 7) is 2.33. The molecule has 4 aromatic rings. The lowest BCUT2D eigenvalue weighted by atomic mass is 10.0. The van der Waals surface area contributed by atoms with E-state index in [1.54, 1.807) is 28.2 Å². The minimum absolute atomic E-state index is 0.202. The number of aliphatic hydroxyl groups is 1. The lowest BCUT2D eigenvalue weighted by Crippen LogP contribution is -2.42. The fourth-order valence-electron chi connectivity index (χ4n) is 3.08. The van der Waals surface area contributed by atoms with Crippen LogP contribution < -0.4 is 10.6 Å². The van der Waals surface area contributed by atoms with Crippen LogP contribution in [0, 0.1) is 11.3 Å². The second-order valence-corrected chi connectivity index (χ2v) is 8.55. The topological polar surface area (TPSA) is 128 Å². The number of amides is 1. The van der Waals surface area contributed by atoms with E-state index in [0.29, 0.717) is 28.3 Å². The molecular formula is C22H20FN7O2S. The largest absolute Gasteiger partial charge is 0.387 e. The third-order valence-corrected chi connectivity index (χ3v) is 5.55. The van der Waals surface area contributed by atoms with Gasteiger partial charge in [0.2, 0.25) is 0 Å². The summed E-state index contributed by atoms with van der Waals surface area (Å²) in [6.07, 6.45) is 2.84. The molecule has 3 N–H and O–H groups in total. The van der Waals surface area contributed by atoms with Gasteiger partial charge in [-0.3, -0.25) is 9.78 Å². The molecule has 4 heterocycles. The van der Waals surface area contributed by atoms with Crippen LogP contribution in [0.5, 0.6) is 0 Å². The number of fused-ring (bicyclic) bond motifs is 1. The van der Waals surface area contributed by atoms with E-state index in [1.165, 1.54) is 37.8 Å². The first-order valence-corrected chi connectivity index (χ1v) is 10.8. The number of carbonyl (C=O) groups is 1. The zero-order valence-electron chi connectivity index (χ0n) is 17.8. The Morgan fingerprint density at radius 1 is 1.33 bits per heavy atom. The molecule has 0 fully saturated rings. The van der Waals surface area contributed by atoms with Crippen molar-refractivity contribution in [3.8, 4) is 17.5 Å². The number of rotatable bonds is 7. The van der Waals surface area contributed by atoms with Gasteiger partial charge in [-0.15, -0.1) is 0 Å². The van der Waals surface area contributed by atoms with Crippen molar-refractivity contribution < 1.29 is 14.3 Å². The van der Waals surface area contributed by atoms with Gasteiger partial charge in [0.1, 0.15) is 12.2 Å². The molecular weight excluding hydrogens is 445 g/mol. The van der Waals surface area contributed by atoms with Crippen LogP contribution in [-0.4, -0.2) is 48.3 Å². The van der Waals surface area contributed by atoms with E-state index in [4.69, 9.17) is 5.26 Å². The number of nitrogens with one attached hydrogen (secondary N) is 2. The first-order chi connectivity index (χ1) is 15.8. The zero-order chi connectivity index (χ0) is 23.6. The first kappa shape index (κ1) is 22.3. The Morgan fingerprint density at radius 3 is 2.85 bits per heavy atom. The van der Waals surface area contributed by atoms with E-state index in [-0.39, 0.29) is 12.1 Å². The maximum atomic E-state index is 14.1. The number of nitriles is 1. The van der Waals surface area contributed by atoms with Crippen LogP contribution in [0.4, 0.5) is 15.8 Å². The highest BCUT2D eigenvalue weighted by atomic mass is 32.1. The molecule has 0 aliphatic carbocycles. The monoisotopic (exact) mass is 465 g/mol. The van der Waals surface area contributed by atoms with Gasteiger partial charge in [-0.25, -0.2) is 8.91 Å². The summed E-state index contributed by atoms with van der Waals surface area (Å²) < 4.78 is 19.8. The van der Waals surface area contributed by atoms with Crippen molar-refractivity contribution in [2.45, 2.75) is 25.6 Å². The number of aromatic nitrogens is 4. The third kappa shape index (κ3) is 4.82. The van der Waals surface area contributed by atoms with Crippen molar-refractivity contribution in [2.75, 3.05) is 11.9 Å². The second kappa shape index (κ2) is 8.93. The molecule has 4 rings (SSSR count). The average Bonchev–Trinajstić information content (AvgIpc) is 3.45. The molecule has 1 amide bonds. The molecule has 0 radical (unpaired) electrons. The molecule has 9 nitrogen and oxygen atoms in total. The van der Waals surface area contributed by atoms with Gasteiger partial charge in [0.05, 0.1) is 63.9 Å². The Kier molecular flexibility index (Phi) is 6.04. The van der Waals surface area contributed by atoms with Crippen LogP contribution >= 0.6 is 11.5 Å². The maximum Gasteiger partial charge on any atom is 0.255 e. The van der Waals surface area contributed by atoms with Gasteiger partial charge in [-0.2, -0.15) is 14.7 Å². The summed E-state index contributed by atoms with van der Waals surface area (Å²) in [5, 5.41) is 30.6. The summed E-state index contributed by atoms with van der Waals surface area (Å²) in [7, 11) is 0. The number of anilines is 2. The molecule has 0 bridgehead atoms. The molecule has 0 aromatic carbocycles. The Hall–Kier alpha value is -3.88. The summed E-state index contributed by atoms with van der Waals surface area (Å²) >= 11 is 1.25. The smallest absolute Gasteiger partial charge is 0.255 e. The van der Waals surface area contributed by atoms with Gasteiger partial charge in [0.15, 0.2) is 0 Å². The molecule has 1 unspecified atom stereocenters. The predicted molar refractivity (Wildman–Crippen MR) is 122 cm³/mol. The highest BCUT2D eigenvalue weighted by Gasteiger charge is 2.27. The lowest BCUT2D eigenvalue weighted by Gasteiger charge is -2.22. The molecule has 11 heteroatoms. The minimum Gasteiger partial charge on any atom is -0.387 e. The number of hydrogen-bond donors (Lipinski definition) is 3. The van der Waals surface area contributed by atoms with Crippen molar-refractivity contribution in [3.63, 3.8) is 0 Å². The van der Waals surface area contributed by atoms with Crippen LogP contribution in [0.3, 0.4) is 0 Å². The normalized spacial score (nSPS) is 12.3. The molecule has 168 valence electrons. The summed E-state index contributed by atoms with van der Waals surface area (Å²) in [6, 6.07) is 9.10. The quantitative estimate of drug-likeness (QED) is 0.382. The molecule has 0 aliphatic rings. The Bertz CT molecular complexity index is 1340. The van der Waals surface area contributed by atoms with E-state index in [2.05, 4.69) is 31.2 Å². The highest BCUT2D eigenvalue weighted by Crippen LogP contribution is 2.28. The molecule has 4 aromatic heterocycles. The van der Waals surface area contributed by atoms with Crippen LogP contribution in [0.1, 0.15) is 29.8 Å². The van der Waals surface area contributed by atoms with Crippen molar-refractivity contribution in [3.05, 3.63) is 59.4 Å². The van der Waals surface area contributed by atoms with E-state index in [9.17, 15) is 14.3 Å². The van der Waals surface area contributed by atoms with Gasteiger partial charge in [-0.05, 0) is 49.6 Å². The van der Waals surface area contributed by atoms with E-state index in [0.717, 1.165) is 5.52 Å². The number of nitrogens with zero attached hydrogens (tertiary/aromatic N) is 5. The molecule has 33 heavy (non-hydrogen) atoms. The van der Waals surface area contributed by atoms with Gasteiger partial charge in [-0.1, -0.05) is 0 Å². The van der Waals surface area contributed by atoms with Gasteiger partial charge in [0.25, 0.3) is 5.91 Å². The number of hydrogen-bond acceptors (Lipinski definition) is 8. The SMILES string of the molecule is CC(C)(O)C(F)CNC(=O)c1cnc(-c2ccc3cc(C#N)cnn23)cc1Nc1cnsc1. The first-order valence-electron chi connectivity index (χ1n) is 9.95. The Morgan fingerprint density at radius 2 is 2.15 bits per heavy atom. The summed E-state index contributed by atoms with van der Waals surface area (Å²) in [5.74, 6) is -0.538. The molecule has 0 spiro atoms. The van der Waals surface area contributed by atoms with Crippen molar-refractivity contribution in [1.82, 2.24) is 24.3 Å². The van der Waals surface area contributed by atoms with Crippen LogP contribution in [0.15, 0.2) is 48.2 Å². The summed E-state index contributed by atoms with van der Waals surface area (Å²) in [5.41, 5.74) is 2.12. The van der Waals surface area contributed by atoms with E-state index in [1.807, 2.05) is 12.1 Å². The predicted octanol–water partition coefficient (Wildman–Crippen LogP) is 3.31. The number of pyridine rings is 1. The Balaban J connectivity index is 1.69. The highest BCUT2D eigenvalue weighted by molar-refractivity contribution is 7.04. The van der Waals surface area contributed by atoms with Crippen molar-refractivity contribution >= 4 is 34.3 Å². The second-order valence-electron chi connectivity index (χ2n) is 7.90. The number of alkyl halides is 1. The standard InChI is InChI=1S/C22H20FN7O2S/c1-22(2,32)20(23)11-26-21(31)16-10-25-18(6-17(16)29-14-9-28-33-12-14)19-4-3-15-5-13(7-24)8-27-30(15)19/h3-6,8-10,12,20,32H,11H2,1-2H3,(H,25,29)(H,26,31). The zero-order valence-corrected chi connectivity index (χ0v) is 18.6. The fourth-order valence-corrected chi connectivity index (χ4v) is 3.55. The van der Waals surface area contributed by atoms with Crippen molar-refractivity contribution in [2.24, 2.45) is 0 Å². The molecule has 0 saturated heterocycles. The molecule has 1 atom stereocenters. The van der Waals surface area contributed by atoms with E-state index < -0.39 is 17.7 Å². The fraction of sp³-hybridized carbons (Fsp3) is 0.227. The van der Waals surface area contributed by atoms with Crippen LogP contribution in [-0.2, 0) is 0 Å². The minimum atomic E-state index is -1.64. The van der Waals surface area contributed by atoms with E-state index >= 15 is 0 Å². The van der Waals surface area contributed by atoms with Crippen LogP contribution in [0.2, 0.25) is 0 Å². The molecule has 0 aliphatic heterocycles. The summed E-state index contributed by atoms with van der Waals surface area (Å²) in [4.78, 5) is 17.2. The maximum absolute atomic E-state index is 14.1. The lowest BCUT2D eigenvalue weighted by molar-refractivity contribution is -0.00177. The van der Waals surface area contributed by atoms with Gasteiger partial charge >= 0.3 is 0 Å². The third-order valence-electron chi connectivity index (χ3n) is 4.96. The number of halogens is 1. The van der Waals surface area contributed by atoms with Gasteiger partial charge in [0, 0.05) is 11.6 Å². The molecule has 0 saturated carbocycles. The number of carbonyl (C=O) groups excluding carboxylic acids is 1. The van der Waals surface area contributed by atoms with Crippen molar-refractivity contribution in [1.29, 1.82) is 5.26 Å². The van der Waals surface area contributed by atoms with Gasteiger partial charge < -0.3 is 15.7 Å². The average molecular weight is 466 g/mol. The Labute approximate surface area is 192 Å². The van der Waals surface area contributed by atoms with Crippen LogP contribution in [0.25, 0.3) is 16.9 Å².